The van der Waals surface area contributed by atoms with E-state index in [4.69, 9.17) is 4.74 Å². The normalized spacial score (nSPS) is 32.4. The Morgan fingerprint density at radius 3 is 2.35 bits per heavy atom. The van der Waals surface area contributed by atoms with Gasteiger partial charge in [0.05, 0.1) is 18.7 Å². The van der Waals surface area contributed by atoms with Gasteiger partial charge in [0.1, 0.15) is 18.3 Å². The van der Waals surface area contributed by atoms with E-state index in [-0.39, 0.29) is 30.7 Å². The molecule has 0 aromatic heterocycles. The van der Waals surface area contributed by atoms with Crippen LogP contribution in [0, 0.1) is 5.92 Å². The molecule has 9 nitrogen and oxygen atoms in total. The third-order valence-electron chi connectivity index (χ3n) is 7.06. The van der Waals surface area contributed by atoms with Crippen molar-refractivity contribution in [2.75, 3.05) is 39.3 Å². The van der Waals surface area contributed by atoms with E-state index < -0.39 is 24.4 Å². The third kappa shape index (κ3) is 6.16. The third-order valence-corrected chi connectivity index (χ3v) is 7.06. The number of aliphatic hydroxyl groups excluding tert-OH is 2. The Bertz CT molecular complexity index is 588. The molecule has 0 bridgehead atoms. The summed E-state index contributed by atoms with van der Waals surface area (Å²) in [6.07, 6.45) is 1.87. The first-order chi connectivity index (χ1) is 14.9. The predicted octanol–water partition coefficient (Wildman–Crippen LogP) is -0.338. The molecule has 0 aliphatic carbocycles. The highest BCUT2D eigenvalue weighted by Gasteiger charge is 2.44. The quantitative estimate of drug-likeness (QED) is 0.408. The summed E-state index contributed by atoms with van der Waals surface area (Å²) in [6.45, 7) is 8.12. The van der Waals surface area contributed by atoms with Gasteiger partial charge in [-0.05, 0) is 38.6 Å². The average Bonchev–Trinajstić information content (AvgIpc) is 3.07. The monoisotopic (exact) mass is 440 g/mol. The van der Waals surface area contributed by atoms with Crippen molar-refractivity contribution in [2.24, 2.45) is 5.92 Å². The highest BCUT2D eigenvalue weighted by molar-refractivity contribution is 5.78. The average molecular weight is 441 g/mol. The molecule has 3 aliphatic heterocycles. The molecule has 1 unspecified atom stereocenters. The van der Waals surface area contributed by atoms with Crippen LogP contribution in [0.4, 0.5) is 0 Å². The minimum atomic E-state index is -1.13. The number of nitrogens with one attached hydrogen (secondary N) is 2. The maximum Gasteiger partial charge on any atom is 0.225 e. The maximum atomic E-state index is 12.8. The molecule has 0 radical (unpaired) electrons. The minimum Gasteiger partial charge on any atom is -0.388 e. The van der Waals surface area contributed by atoms with Gasteiger partial charge in [0.25, 0.3) is 0 Å². The van der Waals surface area contributed by atoms with Crippen LogP contribution in [-0.4, -0.2) is 102 Å². The number of piperidine rings is 1. The van der Waals surface area contributed by atoms with Crippen molar-refractivity contribution in [1.29, 1.82) is 0 Å². The van der Waals surface area contributed by atoms with E-state index in [1.54, 1.807) is 0 Å². The fourth-order valence-electron chi connectivity index (χ4n) is 4.90. The molecule has 4 N–H and O–H groups in total. The lowest BCUT2D eigenvalue weighted by Crippen LogP contribution is -2.57. The van der Waals surface area contributed by atoms with Crippen molar-refractivity contribution in [3.05, 3.63) is 0 Å². The van der Waals surface area contributed by atoms with Crippen LogP contribution < -0.4 is 10.6 Å². The van der Waals surface area contributed by atoms with Gasteiger partial charge >= 0.3 is 0 Å². The number of rotatable bonds is 8. The van der Waals surface area contributed by atoms with Crippen molar-refractivity contribution >= 4 is 11.8 Å². The Kier molecular flexibility index (Phi) is 9.09. The molecule has 0 saturated carbocycles. The van der Waals surface area contributed by atoms with Gasteiger partial charge < -0.3 is 30.5 Å². The summed E-state index contributed by atoms with van der Waals surface area (Å²) in [6, 6.07) is 0. The van der Waals surface area contributed by atoms with Crippen LogP contribution in [-0.2, 0) is 14.3 Å². The molecule has 31 heavy (non-hydrogen) atoms. The summed E-state index contributed by atoms with van der Waals surface area (Å²) < 4.78 is 5.78. The van der Waals surface area contributed by atoms with Gasteiger partial charge in [0.15, 0.2) is 0 Å². The van der Waals surface area contributed by atoms with E-state index in [1.165, 1.54) is 12.8 Å². The summed E-state index contributed by atoms with van der Waals surface area (Å²) >= 11 is 0. The van der Waals surface area contributed by atoms with Gasteiger partial charge in [-0.15, -0.1) is 0 Å². The molecular formula is C22H40N4O5. The molecule has 9 heteroatoms. The Morgan fingerprint density at radius 1 is 1.06 bits per heavy atom. The molecule has 3 rings (SSSR count). The highest BCUT2D eigenvalue weighted by Crippen LogP contribution is 2.25. The maximum absolute atomic E-state index is 12.8. The zero-order valence-corrected chi connectivity index (χ0v) is 19.0. The number of ether oxygens (including phenoxy) is 1. The van der Waals surface area contributed by atoms with Gasteiger partial charge in [-0.25, -0.2) is 0 Å². The second kappa shape index (κ2) is 11.6. The topological polar surface area (TPSA) is 114 Å². The van der Waals surface area contributed by atoms with Crippen LogP contribution in [0.3, 0.4) is 0 Å². The fourth-order valence-corrected chi connectivity index (χ4v) is 4.90. The molecule has 178 valence electrons. The molecule has 0 aromatic rings. The number of carbonyl (C=O) groups excluding carboxylic acids is 2. The van der Waals surface area contributed by atoms with Gasteiger partial charge in [-0.2, -0.15) is 0 Å². The first kappa shape index (κ1) is 24.4. The molecular weight excluding hydrogens is 400 g/mol. The van der Waals surface area contributed by atoms with E-state index in [0.29, 0.717) is 19.3 Å². The van der Waals surface area contributed by atoms with Crippen molar-refractivity contribution in [3.8, 4) is 0 Å². The Balaban J connectivity index is 1.43. The summed E-state index contributed by atoms with van der Waals surface area (Å²) in [7, 11) is 0. The minimum absolute atomic E-state index is 0.0386. The van der Waals surface area contributed by atoms with Crippen LogP contribution in [0.1, 0.15) is 52.4 Å². The standard InChI is InChI=1S/C22H40N4O5/c1-3-15(4-2)22(30)24-14-17-21(29)20(28)16(31-17)13-19(27)26-11-9-25(10-12-26)18-7-5-6-8-23-18/h15-18,20-21,23,28-29H,3-14H2,1-2H3,(H,24,30)/t16-,17-,18?,20-,21+/m0/s1. The summed E-state index contributed by atoms with van der Waals surface area (Å²) in [5.74, 6) is -0.197. The van der Waals surface area contributed by atoms with Crippen molar-refractivity contribution in [2.45, 2.75) is 83.0 Å². The lowest BCUT2D eigenvalue weighted by molar-refractivity contribution is -0.137. The number of nitrogens with zero attached hydrogens (tertiary/aromatic N) is 2. The van der Waals surface area contributed by atoms with Crippen molar-refractivity contribution in [1.82, 2.24) is 20.4 Å². The Morgan fingerprint density at radius 2 is 1.74 bits per heavy atom. The van der Waals surface area contributed by atoms with Crippen LogP contribution in [0.2, 0.25) is 0 Å². The molecule has 3 heterocycles. The van der Waals surface area contributed by atoms with Crippen LogP contribution in [0.15, 0.2) is 0 Å². The zero-order chi connectivity index (χ0) is 22.4. The summed E-state index contributed by atoms with van der Waals surface area (Å²) in [4.78, 5) is 29.2. The van der Waals surface area contributed by atoms with E-state index in [2.05, 4.69) is 15.5 Å². The Hall–Kier alpha value is -1.26. The lowest BCUT2D eigenvalue weighted by Gasteiger charge is -2.41. The SMILES string of the molecule is CCC(CC)C(=O)NC[C@@H]1O[C@@H](CC(=O)N2CCN(C3CCCCN3)CC2)[C@H](O)[C@@H]1O. The molecule has 3 saturated heterocycles. The Labute approximate surface area is 185 Å². The zero-order valence-electron chi connectivity index (χ0n) is 19.0. The molecule has 0 spiro atoms. The fraction of sp³-hybridized carbons (Fsp3) is 0.909. The smallest absolute Gasteiger partial charge is 0.225 e. The molecule has 0 aromatic carbocycles. The summed E-state index contributed by atoms with van der Waals surface area (Å²) in [5, 5.41) is 27.1. The molecule has 3 aliphatic rings. The van der Waals surface area contributed by atoms with E-state index in [0.717, 1.165) is 38.9 Å². The van der Waals surface area contributed by atoms with Crippen LogP contribution in [0.25, 0.3) is 0 Å². The van der Waals surface area contributed by atoms with Crippen molar-refractivity contribution in [3.63, 3.8) is 0 Å². The van der Waals surface area contributed by atoms with Gasteiger partial charge in [-0.1, -0.05) is 13.8 Å². The second-order valence-corrected chi connectivity index (χ2v) is 9.04. The van der Waals surface area contributed by atoms with E-state index >= 15 is 0 Å². The summed E-state index contributed by atoms with van der Waals surface area (Å²) in [5.41, 5.74) is 0. The van der Waals surface area contributed by atoms with Crippen molar-refractivity contribution < 1.29 is 24.5 Å². The van der Waals surface area contributed by atoms with E-state index in [9.17, 15) is 19.8 Å². The van der Waals surface area contributed by atoms with Gasteiger partial charge in [0.2, 0.25) is 11.8 Å². The first-order valence-corrected chi connectivity index (χ1v) is 12.0. The van der Waals surface area contributed by atoms with Gasteiger partial charge in [-0.3, -0.25) is 14.5 Å². The number of hydrogen-bond donors (Lipinski definition) is 4. The predicted molar refractivity (Wildman–Crippen MR) is 116 cm³/mol. The number of aliphatic hydroxyl groups is 2. The van der Waals surface area contributed by atoms with Gasteiger partial charge in [0, 0.05) is 38.6 Å². The molecule has 3 fully saturated rings. The first-order valence-electron chi connectivity index (χ1n) is 12.0. The number of piperazine rings is 1. The molecule has 5 atom stereocenters. The van der Waals surface area contributed by atoms with E-state index in [1.807, 2.05) is 18.7 Å². The van der Waals surface area contributed by atoms with Crippen LogP contribution >= 0.6 is 0 Å². The molecule has 2 amide bonds. The number of hydrogen-bond acceptors (Lipinski definition) is 7. The number of amides is 2. The largest absolute Gasteiger partial charge is 0.388 e. The number of carbonyl (C=O) groups is 2. The van der Waals surface area contributed by atoms with Crippen LogP contribution in [0.5, 0.6) is 0 Å². The lowest BCUT2D eigenvalue weighted by atomic mass is 10.0. The second-order valence-electron chi connectivity index (χ2n) is 9.04. The highest BCUT2D eigenvalue weighted by atomic mass is 16.5.